The van der Waals surface area contributed by atoms with Crippen molar-refractivity contribution >= 4 is 5.97 Å². The van der Waals surface area contributed by atoms with Crippen LogP contribution in [-0.2, 0) is 9.53 Å². The molecule has 1 aliphatic rings. The fourth-order valence-corrected chi connectivity index (χ4v) is 1.67. The Balaban J connectivity index is 2.67. The average Bonchev–Trinajstić information content (AvgIpc) is 2.10. The molecule has 2 nitrogen and oxygen atoms in total. The van der Waals surface area contributed by atoms with Crippen molar-refractivity contribution in [2.24, 2.45) is 0 Å². The van der Waals surface area contributed by atoms with Gasteiger partial charge in [0.15, 0.2) is 0 Å². The summed E-state index contributed by atoms with van der Waals surface area (Å²) < 4.78 is 5.23. The summed E-state index contributed by atoms with van der Waals surface area (Å²) in [5.74, 6) is 0.906. The number of cyclic esters (lactones) is 1. The van der Waals surface area contributed by atoms with E-state index in [2.05, 4.69) is 13.8 Å². The highest BCUT2D eigenvalue weighted by molar-refractivity contribution is 5.72. The molecule has 0 atom stereocenters. The summed E-state index contributed by atoms with van der Waals surface area (Å²) in [7, 11) is 0. The Morgan fingerprint density at radius 1 is 1.15 bits per heavy atom. The van der Waals surface area contributed by atoms with Crippen LogP contribution in [0, 0.1) is 0 Å². The Morgan fingerprint density at radius 2 is 1.85 bits per heavy atom. The van der Waals surface area contributed by atoms with E-state index in [1.54, 1.807) is 0 Å². The molecule has 0 bridgehead atoms. The Hall–Kier alpha value is -0.790. The van der Waals surface area contributed by atoms with Gasteiger partial charge in [-0.2, -0.15) is 0 Å². The number of ether oxygens (including phenoxy) is 1. The molecule has 0 aliphatic carbocycles. The Morgan fingerprint density at radius 3 is 2.46 bits per heavy atom. The van der Waals surface area contributed by atoms with E-state index < -0.39 is 0 Å². The van der Waals surface area contributed by atoms with Crippen LogP contribution in [0.25, 0.3) is 0 Å². The second-order valence-corrected chi connectivity index (χ2v) is 3.50. The molecule has 0 N–H and O–H groups in total. The summed E-state index contributed by atoms with van der Waals surface area (Å²) in [6, 6.07) is 0. The predicted octanol–water partition coefficient (Wildman–Crippen LogP) is 3.18. The van der Waals surface area contributed by atoms with Crippen molar-refractivity contribution < 1.29 is 9.53 Å². The van der Waals surface area contributed by atoms with Crippen LogP contribution < -0.4 is 0 Å². The molecule has 0 radical (unpaired) electrons. The van der Waals surface area contributed by atoms with Gasteiger partial charge in [-0.3, -0.25) is 4.79 Å². The SMILES string of the molecule is CCCC1=C(CCC)OC(=O)CC1. The summed E-state index contributed by atoms with van der Waals surface area (Å²) >= 11 is 0. The van der Waals surface area contributed by atoms with Gasteiger partial charge in [-0.25, -0.2) is 0 Å². The van der Waals surface area contributed by atoms with Gasteiger partial charge in [0.25, 0.3) is 0 Å². The molecule has 1 rings (SSSR count). The van der Waals surface area contributed by atoms with Crippen LogP contribution in [-0.4, -0.2) is 5.97 Å². The lowest BCUT2D eigenvalue weighted by Crippen LogP contribution is -2.13. The van der Waals surface area contributed by atoms with E-state index in [1.165, 1.54) is 5.57 Å². The molecule has 0 aromatic carbocycles. The molecule has 0 amide bonds. The summed E-state index contributed by atoms with van der Waals surface area (Å²) in [6.07, 6.45) is 5.68. The van der Waals surface area contributed by atoms with Crippen LogP contribution in [0.5, 0.6) is 0 Å². The van der Waals surface area contributed by atoms with Gasteiger partial charge in [0.2, 0.25) is 0 Å². The number of allylic oxidation sites excluding steroid dienone is 2. The monoisotopic (exact) mass is 182 g/mol. The molecule has 0 aromatic rings. The van der Waals surface area contributed by atoms with Crippen LogP contribution in [0.1, 0.15) is 52.4 Å². The van der Waals surface area contributed by atoms with Crippen LogP contribution in [0.3, 0.4) is 0 Å². The maximum atomic E-state index is 11.0. The van der Waals surface area contributed by atoms with E-state index in [0.29, 0.717) is 6.42 Å². The highest BCUT2D eigenvalue weighted by atomic mass is 16.5. The van der Waals surface area contributed by atoms with E-state index in [-0.39, 0.29) is 5.97 Å². The normalized spacial score (nSPS) is 17.5. The number of hydrogen-bond donors (Lipinski definition) is 0. The first-order valence-corrected chi connectivity index (χ1v) is 5.19. The van der Waals surface area contributed by atoms with Gasteiger partial charge in [0, 0.05) is 12.8 Å². The minimum absolute atomic E-state index is 0.0525. The van der Waals surface area contributed by atoms with Crippen molar-refractivity contribution in [2.45, 2.75) is 52.4 Å². The van der Waals surface area contributed by atoms with E-state index in [0.717, 1.165) is 37.9 Å². The lowest BCUT2D eigenvalue weighted by atomic mass is 10.00. The first-order chi connectivity index (χ1) is 6.27. The summed E-state index contributed by atoms with van der Waals surface area (Å²) in [6.45, 7) is 4.27. The third kappa shape index (κ3) is 2.87. The van der Waals surface area contributed by atoms with Crippen molar-refractivity contribution in [3.8, 4) is 0 Å². The Bertz CT molecular complexity index is 216. The average molecular weight is 182 g/mol. The summed E-state index contributed by atoms with van der Waals surface area (Å²) in [5, 5.41) is 0. The van der Waals surface area contributed by atoms with Crippen LogP contribution in [0.2, 0.25) is 0 Å². The molecule has 0 unspecified atom stereocenters. The maximum absolute atomic E-state index is 11.0. The smallest absolute Gasteiger partial charge is 0.311 e. The Labute approximate surface area is 80.0 Å². The fraction of sp³-hybridized carbons (Fsp3) is 0.727. The van der Waals surface area contributed by atoms with Gasteiger partial charge in [-0.05, 0) is 24.8 Å². The predicted molar refractivity (Wildman–Crippen MR) is 52.2 cm³/mol. The standard InChI is InChI=1S/C11H18O2/c1-3-5-9-7-8-11(12)13-10(9)6-4-2/h3-8H2,1-2H3. The van der Waals surface area contributed by atoms with Crippen LogP contribution in [0.15, 0.2) is 11.3 Å². The number of esters is 1. The van der Waals surface area contributed by atoms with Crippen molar-refractivity contribution in [1.82, 2.24) is 0 Å². The molecular weight excluding hydrogens is 164 g/mol. The van der Waals surface area contributed by atoms with E-state index >= 15 is 0 Å². The van der Waals surface area contributed by atoms with E-state index in [4.69, 9.17) is 4.74 Å². The molecule has 0 spiro atoms. The quantitative estimate of drug-likeness (QED) is 0.624. The van der Waals surface area contributed by atoms with Gasteiger partial charge < -0.3 is 4.74 Å². The molecule has 2 heteroatoms. The highest BCUT2D eigenvalue weighted by Gasteiger charge is 2.18. The highest BCUT2D eigenvalue weighted by Crippen LogP contribution is 2.26. The Kier molecular flexibility index (Phi) is 4.00. The zero-order valence-corrected chi connectivity index (χ0v) is 8.56. The number of carbonyl (C=O) groups excluding carboxylic acids is 1. The van der Waals surface area contributed by atoms with Gasteiger partial charge in [-0.15, -0.1) is 0 Å². The van der Waals surface area contributed by atoms with E-state index in [9.17, 15) is 4.79 Å². The fourth-order valence-electron chi connectivity index (χ4n) is 1.67. The molecule has 74 valence electrons. The largest absolute Gasteiger partial charge is 0.431 e. The van der Waals surface area contributed by atoms with Crippen molar-refractivity contribution in [2.75, 3.05) is 0 Å². The minimum atomic E-state index is -0.0525. The van der Waals surface area contributed by atoms with Crippen LogP contribution >= 0.6 is 0 Å². The molecule has 0 saturated carbocycles. The maximum Gasteiger partial charge on any atom is 0.311 e. The molecule has 1 heterocycles. The second kappa shape index (κ2) is 5.05. The van der Waals surface area contributed by atoms with Crippen molar-refractivity contribution in [3.63, 3.8) is 0 Å². The molecule has 0 aromatic heterocycles. The summed E-state index contributed by atoms with van der Waals surface area (Å²) in [4.78, 5) is 11.0. The van der Waals surface area contributed by atoms with Crippen molar-refractivity contribution in [3.05, 3.63) is 11.3 Å². The molecule has 0 saturated heterocycles. The zero-order chi connectivity index (χ0) is 9.68. The third-order valence-corrected chi connectivity index (χ3v) is 2.29. The first kappa shape index (κ1) is 10.3. The number of carbonyl (C=O) groups is 1. The topological polar surface area (TPSA) is 26.3 Å². The molecule has 0 fully saturated rings. The minimum Gasteiger partial charge on any atom is -0.431 e. The van der Waals surface area contributed by atoms with Crippen LogP contribution in [0.4, 0.5) is 0 Å². The van der Waals surface area contributed by atoms with Gasteiger partial charge in [0.05, 0.1) is 0 Å². The summed E-state index contributed by atoms with van der Waals surface area (Å²) in [5.41, 5.74) is 1.36. The molecule has 13 heavy (non-hydrogen) atoms. The number of rotatable bonds is 4. The third-order valence-electron chi connectivity index (χ3n) is 2.29. The van der Waals surface area contributed by atoms with Crippen molar-refractivity contribution in [1.29, 1.82) is 0 Å². The molecular formula is C11H18O2. The second-order valence-electron chi connectivity index (χ2n) is 3.50. The van der Waals surface area contributed by atoms with Gasteiger partial charge in [0.1, 0.15) is 5.76 Å². The lowest BCUT2D eigenvalue weighted by Gasteiger charge is -2.19. The molecule has 1 aliphatic heterocycles. The van der Waals surface area contributed by atoms with E-state index in [1.807, 2.05) is 0 Å². The number of hydrogen-bond acceptors (Lipinski definition) is 2. The van der Waals surface area contributed by atoms with Gasteiger partial charge >= 0.3 is 5.97 Å². The van der Waals surface area contributed by atoms with Gasteiger partial charge in [-0.1, -0.05) is 20.3 Å². The zero-order valence-electron chi connectivity index (χ0n) is 8.56. The lowest BCUT2D eigenvalue weighted by molar-refractivity contribution is -0.140. The first-order valence-electron chi connectivity index (χ1n) is 5.19.